The Morgan fingerprint density at radius 1 is 0.704 bits per heavy atom. The van der Waals surface area contributed by atoms with Crippen molar-refractivity contribution in [3.63, 3.8) is 0 Å². The number of pyridine rings is 2. The molecule has 0 amide bonds. The lowest BCUT2D eigenvalue weighted by Gasteiger charge is -1.93. The van der Waals surface area contributed by atoms with Crippen LogP contribution in [0.3, 0.4) is 0 Å². The van der Waals surface area contributed by atoms with Gasteiger partial charge < -0.3 is 0 Å². The molecule has 3 rings (SSSR count). The molecule has 0 saturated heterocycles. The van der Waals surface area contributed by atoms with E-state index < -0.39 is 5.95 Å². The van der Waals surface area contributed by atoms with Crippen molar-refractivity contribution in [2.24, 2.45) is 0 Å². The molecule has 0 saturated carbocycles. The molecular formula is C20H23F3N4. The Balaban J connectivity index is 0.000000202. The van der Waals surface area contributed by atoms with Crippen LogP contribution in [0.15, 0.2) is 30.6 Å². The fourth-order valence-corrected chi connectivity index (χ4v) is 1.70. The Morgan fingerprint density at radius 2 is 1.33 bits per heavy atom. The number of rotatable bonds is 0. The summed E-state index contributed by atoms with van der Waals surface area (Å²) in [5.74, 6) is -0.550. The molecule has 3 aromatic rings. The summed E-state index contributed by atoms with van der Waals surface area (Å²) in [6.45, 7) is 10.2. The van der Waals surface area contributed by atoms with Crippen LogP contribution in [-0.4, -0.2) is 19.9 Å². The number of hydrogen-bond donors (Lipinski definition) is 0. The first-order valence-electron chi connectivity index (χ1n) is 8.24. The molecule has 0 atom stereocenters. The van der Waals surface area contributed by atoms with Gasteiger partial charge in [-0.15, -0.1) is 0 Å². The van der Waals surface area contributed by atoms with E-state index in [2.05, 4.69) is 19.9 Å². The van der Waals surface area contributed by atoms with E-state index in [1.807, 2.05) is 6.92 Å². The summed E-state index contributed by atoms with van der Waals surface area (Å²) in [5.41, 5.74) is 3.12. The van der Waals surface area contributed by atoms with Crippen molar-refractivity contribution in [3.05, 3.63) is 82.2 Å². The zero-order chi connectivity index (χ0) is 20.6. The van der Waals surface area contributed by atoms with Crippen molar-refractivity contribution in [3.8, 4) is 0 Å². The van der Waals surface area contributed by atoms with E-state index in [9.17, 15) is 13.2 Å². The van der Waals surface area contributed by atoms with E-state index in [1.54, 1.807) is 52.9 Å². The van der Waals surface area contributed by atoms with E-state index in [-0.39, 0.29) is 11.8 Å². The third kappa shape index (κ3) is 7.94. The maximum atomic E-state index is 12.5. The average molecular weight is 376 g/mol. The lowest BCUT2D eigenvalue weighted by Crippen LogP contribution is -1.93. The van der Waals surface area contributed by atoms with E-state index in [1.165, 1.54) is 12.3 Å². The fourth-order valence-electron chi connectivity index (χ4n) is 1.70. The molecule has 0 radical (unpaired) electrons. The molecule has 3 aromatic heterocycles. The van der Waals surface area contributed by atoms with Gasteiger partial charge in [0.25, 0.3) is 0 Å². The van der Waals surface area contributed by atoms with E-state index in [4.69, 9.17) is 0 Å². The molecular weight excluding hydrogens is 353 g/mol. The number of nitrogens with zero attached hydrogens (tertiary/aromatic N) is 4. The van der Waals surface area contributed by atoms with Crippen LogP contribution < -0.4 is 0 Å². The van der Waals surface area contributed by atoms with Crippen molar-refractivity contribution >= 4 is 0 Å². The molecule has 144 valence electrons. The number of halogens is 3. The standard InChI is InChI=1S/2C7H8FN.C6H7FN2/c1-5-3-7(8)6(2)9-4-5;1-5-3-4-6(2)9-7(5)8;1-4-3-8-5(2)9-6(4)7/h2*3-4H,1-2H3;3H,1-2H3. The molecule has 0 bridgehead atoms. The zero-order valence-corrected chi connectivity index (χ0v) is 16.3. The minimum Gasteiger partial charge on any atom is -0.258 e. The maximum absolute atomic E-state index is 12.5. The molecule has 4 nitrogen and oxygen atoms in total. The molecule has 0 fully saturated rings. The molecule has 0 N–H and O–H groups in total. The molecule has 3 heterocycles. The van der Waals surface area contributed by atoms with Crippen LogP contribution in [0, 0.1) is 59.3 Å². The predicted octanol–water partition coefficient (Wildman–Crippen LogP) is 4.91. The summed E-state index contributed by atoms with van der Waals surface area (Å²) in [5, 5.41) is 0. The largest absolute Gasteiger partial charge is 0.258 e. The molecule has 0 aliphatic rings. The number of aryl methyl sites for hydroxylation is 6. The van der Waals surface area contributed by atoms with Crippen molar-refractivity contribution in [1.29, 1.82) is 0 Å². The van der Waals surface area contributed by atoms with Gasteiger partial charge in [-0.2, -0.15) is 8.78 Å². The van der Waals surface area contributed by atoms with Gasteiger partial charge >= 0.3 is 0 Å². The van der Waals surface area contributed by atoms with Crippen LogP contribution >= 0.6 is 0 Å². The number of aromatic nitrogens is 4. The summed E-state index contributed by atoms with van der Waals surface area (Å²) in [4.78, 5) is 14.7. The van der Waals surface area contributed by atoms with Crippen molar-refractivity contribution < 1.29 is 13.2 Å². The van der Waals surface area contributed by atoms with Crippen LogP contribution in [0.25, 0.3) is 0 Å². The van der Waals surface area contributed by atoms with Crippen LogP contribution in [0.4, 0.5) is 13.2 Å². The first-order valence-corrected chi connectivity index (χ1v) is 8.24. The Hall–Kier alpha value is -2.83. The highest BCUT2D eigenvalue weighted by molar-refractivity contribution is 5.13. The van der Waals surface area contributed by atoms with E-state index >= 15 is 0 Å². The molecule has 0 aliphatic heterocycles. The van der Waals surface area contributed by atoms with Gasteiger partial charge in [0.2, 0.25) is 11.9 Å². The Bertz CT molecular complexity index is 781. The number of hydrogen-bond acceptors (Lipinski definition) is 4. The van der Waals surface area contributed by atoms with Gasteiger partial charge in [-0.3, -0.25) is 4.98 Å². The summed E-state index contributed by atoms with van der Waals surface area (Å²) in [6, 6.07) is 4.98. The van der Waals surface area contributed by atoms with Gasteiger partial charge in [0, 0.05) is 29.2 Å². The highest BCUT2D eigenvalue weighted by Crippen LogP contribution is 2.03. The smallest absolute Gasteiger partial charge is 0.219 e. The van der Waals surface area contributed by atoms with Gasteiger partial charge in [0.05, 0.1) is 5.69 Å². The van der Waals surface area contributed by atoms with E-state index in [0.29, 0.717) is 22.6 Å². The SMILES string of the molecule is Cc1ccc(C)c(F)n1.Cc1cnc(C)c(F)c1.Cc1ncc(C)c(F)n1. The summed E-state index contributed by atoms with van der Waals surface area (Å²) >= 11 is 0. The zero-order valence-electron chi connectivity index (χ0n) is 16.3. The highest BCUT2D eigenvalue weighted by atomic mass is 19.1. The summed E-state index contributed by atoms with van der Waals surface area (Å²) in [6.07, 6.45) is 3.12. The lowest BCUT2D eigenvalue weighted by atomic mass is 10.3. The predicted molar refractivity (Wildman–Crippen MR) is 98.8 cm³/mol. The molecule has 0 spiro atoms. The van der Waals surface area contributed by atoms with Crippen molar-refractivity contribution in [2.45, 2.75) is 41.5 Å². The Labute approximate surface area is 157 Å². The van der Waals surface area contributed by atoms with Gasteiger partial charge in [-0.25, -0.2) is 19.3 Å². The van der Waals surface area contributed by atoms with Gasteiger partial charge in [0.15, 0.2) is 0 Å². The fraction of sp³-hybridized carbons (Fsp3) is 0.300. The minimum atomic E-state index is -0.428. The second-order valence-corrected chi connectivity index (χ2v) is 6.03. The minimum absolute atomic E-state index is 0.227. The quantitative estimate of drug-likeness (QED) is 0.413. The van der Waals surface area contributed by atoms with Crippen LogP contribution in [0.1, 0.15) is 33.9 Å². The third-order valence-electron chi connectivity index (χ3n) is 3.37. The maximum Gasteiger partial charge on any atom is 0.219 e. The van der Waals surface area contributed by atoms with Crippen LogP contribution in [0.5, 0.6) is 0 Å². The second kappa shape index (κ2) is 10.4. The molecule has 27 heavy (non-hydrogen) atoms. The van der Waals surface area contributed by atoms with Gasteiger partial charge in [-0.05, 0) is 59.2 Å². The Morgan fingerprint density at radius 3 is 1.78 bits per heavy atom. The first-order chi connectivity index (χ1) is 12.6. The normalized spacial score (nSPS) is 9.67. The first kappa shape index (κ1) is 22.2. The van der Waals surface area contributed by atoms with E-state index in [0.717, 1.165) is 11.3 Å². The average Bonchev–Trinajstić information content (AvgIpc) is 2.60. The molecule has 0 unspecified atom stereocenters. The second-order valence-electron chi connectivity index (χ2n) is 6.03. The molecule has 7 heteroatoms. The van der Waals surface area contributed by atoms with Gasteiger partial charge in [0.1, 0.15) is 11.6 Å². The summed E-state index contributed by atoms with van der Waals surface area (Å²) < 4.78 is 37.4. The van der Waals surface area contributed by atoms with Crippen LogP contribution in [0.2, 0.25) is 0 Å². The highest BCUT2D eigenvalue weighted by Gasteiger charge is 1.97. The van der Waals surface area contributed by atoms with Crippen LogP contribution in [-0.2, 0) is 0 Å². The van der Waals surface area contributed by atoms with Crippen molar-refractivity contribution in [1.82, 2.24) is 19.9 Å². The lowest BCUT2D eigenvalue weighted by molar-refractivity contribution is 0.564. The van der Waals surface area contributed by atoms with Gasteiger partial charge in [-0.1, -0.05) is 6.07 Å². The Kier molecular flexibility index (Phi) is 8.51. The third-order valence-corrected chi connectivity index (χ3v) is 3.37. The summed E-state index contributed by atoms with van der Waals surface area (Å²) in [7, 11) is 0. The monoisotopic (exact) mass is 376 g/mol. The molecule has 0 aliphatic carbocycles. The molecule has 0 aromatic carbocycles. The topological polar surface area (TPSA) is 51.6 Å². The van der Waals surface area contributed by atoms with Crippen molar-refractivity contribution in [2.75, 3.05) is 0 Å².